The Hall–Kier alpha value is -4.28. The molecule has 1 unspecified atom stereocenters. The minimum Gasteiger partial charge on any atom is -0.494 e. The minimum atomic E-state index is -4.20. The van der Waals surface area contributed by atoms with E-state index in [2.05, 4.69) is 0 Å². The summed E-state index contributed by atoms with van der Waals surface area (Å²) in [4.78, 5) is 12.1. The molecule has 0 bridgehead atoms. The maximum atomic E-state index is 14.7. The molecule has 41 heavy (non-hydrogen) atoms. The first kappa shape index (κ1) is 31.3. The van der Waals surface area contributed by atoms with Gasteiger partial charge in [-0.2, -0.15) is 22.0 Å². The Labute approximate surface area is 234 Å². The van der Waals surface area contributed by atoms with E-state index in [1.807, 2.05) is 6.92 Å². The van der Waals surface area contributed by atoms with Gasteiger partial charge >= 0.3 is 18.3 Å². The molecule has 0 aliphatic heterocycles. The number of hydrogen-bond donors (Lipinski definition) is 2. The number of rotatable bonds is 13. The first-order chi connectivity index (χ1) is 19.3. The van der Waals surface area contributed by atoms with Gasteiger partial charge in [-0.3, -0.25) is 0 Å². The van der Waals surface area contributed by atoms with E-state index in [1.165, 1.54) is 60.7 Å². The predicted octanol–water partition coefficient (Wildman–Crippen LogP) is 7.45. The van der Waals surface area contributed by atoms with Crippen LogP contribution in [0.3, 0.4) is 0 Å². The van der Waals surface area contributed by atoms with Gasteiger partial charge in [-0.25, -0.2) is 4.79 Å². The van der Waals surface area contributed by atoms with Crippen molar-refractivity contribution in [2.45, 2.75) is 44.4 Å². The van der Waals surface area contributed by atoms with Gasteiger partial charge in [0.2, 0.25) is 0 Å². The first-order valence-electron chi connectivity index (χ1n) is 12.8. The van der Waals surface area contributed by atoms with E-state index in [-0.39, 0.29) is 37.7 Å². The van der Waals surface area contributed by atoms with Crippen molar-refractivity contribution in [2.75, 3.05) is 24.7 Å². The Bertz CT molecular complexity index is 1310. The van der Waals surface area contributed by atoms with Gasteiger partial charge in [0.05, 0.1) is 18.8 Å². The number of carbonyl (C=O) groups is 1. The molecule has 220 valence electrons. The van der Waals surface area contributed by atoms with Gasteiger partial charge in [-0.05, 0) is 78.6 Å². The Morgan fingerprint density at radius 1 is 0.902 bits per heavy atom. The number of nitrogen functional groups attached to an aromatic ring is 2. The lowest BCUT2D eigenvalue weighted by Crippen LogP contribution is -2.21. The van der Waals surface area contributed by atoms with Crippen LogP contribution in [0.1, 0.15) is 48.8 Å². The Morgan fingerprint density at radius 3 is 2.20 bits per heavy atom. The molecule has 11 heteroatoms. The number of hydrogen-bond acceptors (Lipinski definition) is 6. The first-order valence-corrected chi connectivity index (χ1v) is 12.8. The van der Waals surface area contributed by atoms with Crippen LogP contribution in [0.2, 0.25) is 0 Å². The molecule has 0 heterocycles. The van der Waals surface area contributed by atoms with Crippen molar-refractivity contribution in [1.82, 2.24) is 0 Å². The normalized spacial score (nSPS) is 12.7. The molecule has 0 amide bonds. The van der Waals surface area contributed by atoms with E-state index >= 15 is 0 Å². The zero-order chi connectivity index (χ0) is 30.0. The van der Waals surface area contributed by atoms with Crippen LogP contribution < -0.4 is 20.9 Å². The molecule has 0 aromatic heterocycles. The summed E-state index contributed by atoms with van der Waals surface area (Å²) in [5.74, 6) is -0.556. The van der Waals surface area contributed by atoms with Crippen LogP contribution in [0.25, 0.3) is 6.08 Å². The molecule has 4 N–H and O–H groups in total. The van der Waals surface area contributed by atoms with Gasteiger partial charge in [-0.1, -0.05) is 25.1 Å². The molecule has 3 aromatic carbocycles. The number of ether oxygens (including phenoxy) is 3. The van der Waals surface area contributed by atoms with Crippen molar-refractivity contribution >= 4 is 23.4 Å². The second-order valence-corrected chi connectivity index (χ2v) is 9.39. The largest absolute Gasteiger partial charge is 0.494 e. The Morgan fingerprint density at radius 2 is 1.56 bits per heavy atom. The van der Waals surface area contributed by atoms with Crippen LogP contribution in [0, 0.1) is 0 Å². The molecule has 6 nitrogen and oxygen atoms in total. The minimum absolute atomic E-state index is 0.0594. The second kappa shape index (κ2) is 13.9. The van der Waals surface area contributed by atoms with Crippen molar-refractivity contribution in [3.63, 3.8) is 0 Å². The van der Waals surface area contributed by atoms with Gasteiger partial charge < -0.3 is 25.7 Å². The molecular weight excluding hydrogens is 547 g/mol. The standard InChI is InChI=1S/C30H31F5N2O4/c1-20(26-14-9-23(36)18-27(26)37)19-40-28(38)15-6-21-4-7-22(8-5-21)30(34,35)41-25-12-10-24(11-13-25)39-17-3-2-16-29(31,32)33/h4-15,18,20H,2-3,16-17,19,36-37H2,1H3/b15-6+. The van der Waals surface area contributed by atoms with Crippen molar-refractivity contribution < 1.29 is 41.0 Å². The van der Waals surface area contributed by atoms with E-state index < -0.39 is 30.2 Å². The molecule has 0 saturated heterocycles. The number of anilines is 2. The number of halogens is 5. The molecular formula is C30H31F5N2O4. The van der Waals surface area contributed by atoms with Gasteiger partial charge in [-0.15, -0.1) is 0 Å². The van der Waals surface area contributed by atoms with Crippen LogP contribution in [0.15, 0.2) is 72.8 Å². The Balaban J connectivity index is 1.47. The molecule has 0 spiro atoms. The van der Waals surface area contributed by atoms with E-state index in [1.54, 1.807) is 18.2 Å². The van der Waals surface area contributed by atoms with Gasteiger partial charge in [0.25, 0.3) is 0 Å². The van der Waals surface area contributed by atoms with Crippen molar-refractivity contribution in [1.29, 1.82) is 0 Å². The third-order valence-electron chi connectivity index (χ3n) is 5.97. The van der Waals surface area contributed by atoms with Gasteiger partial charge in [0, 0.05) is 29.8 Å². The van der Waals surface area contributed by atoms with E-state index in [4.69, 9.17) is 25.7 Å². The van der Waals surface area contributed by atoms with Crippen LogP contribution >= 0.6 is 0 Å². The molecule has 1 atom stereocenters. The molecule has 0 aliphatic carbocycles. The molecule has 0 saturated carbocycles. The van der Waals surface area contributed by atoms with Crippen molar-refractivity contribution in [2.24, 2.45) is 0 Å². The molecule has 3 aromatic rings. The second-order valence-electron chi connectivity index (χ2n) is 9.39. The maximum absolute atomic E-state index is 14.7. The summed E-state index contributed by atoms with van der Waals surface area (Å²) < 4.78 is 81.3. The molecule has 0 fully saturated rings. The van der Waals surface area contributed by atoms with Gasteiger partial charge in [0.15, 0.2) is 0 Å². The highest BCUT2D eigenvalue weighted by atomic mass is 19.4. The average Bonchev–Trinajstić information content (AvgIpc) is 2.90. The number of benzene rings is 3. The topological polar surface area (TPSA) is 96.8 Å². The highest BCUT2D eigenvalue weighted by Gasteiger charge is 2.34. The lowest BCUT2D eigenvalue weighted by Gasteiger charge is -2.18. The zero-order valence-corrected chi connectivity index (χ0v) is 22.3. The fourth-order valence-electron chi connectivity index (χ4n) is 3.77. The fraction of sp³-hybridized carbons (Fsp3) is 0.300. The fourth-order valence-corrected chi connectivity index (χ4v) is 3.77. The highest BCUT2D eigenvalue weighted by molar-refractivity contribution is 5.87. The average molecular weight is 579 g/mol. The predicted molar refractivity (Wildman–Crippen MR) is 146 cm³/mol. The summed E-state index contributed by atoms with van der Waals surface area (Å²) in [7, 11) is 0. The number of nitrogens with two attached hydrogens (primary N) is 2. The summed E-state index contributed by atoms with van der Waals surface area (Å²) in [5.41, 5.74) is 13.6. The summed E-state index contributed by atoms with van der Waals surface area (Å²) >= 11 is 0. The van der Waals surface area contributed by atoms with Crippen LogP contribution in [-0.4, -0.2) is 25.4 Å². The SMILES string of the molecule is CC(COC(=O)/C=C/c1ccc(C(F)(F)Oc2ccc(OCCCCC(F)(F)F)cc2)cc1)c1ccc(N)cc1N. The lowest BCUT2D eigenvalue weighted by molar-refractivity contribution is -0.185. The number of esters is 1. The van der Waals surface area contributed by atoms with E-state index in [0.717, 1.165) is 5.56 Å². The molecule has 3 rings (SSSR count). The third-order valence-corrected chi connectivity index (χ3v) is 5.97. The summed E-state index contributed by atoms with van der Waals surface area (Å²) in [5, 5.41) is 0. The third kappa shape index (κ3) is 10.3. The van der Waals surface area contributed by atoms with Crippen molar-refractivity contribution in [3.05, 3.63) is 89.5 Å². The maximum Gasteiger partial charge on any atom is 0.426 e. The Kier molecular flexibility index (Phi) is 10.6. The van der Waals surface area contributed by atoms with E-state index in [0.29, 0.717) is 22.7 Å². The summed E-state index contributed by atoms with van der Waals surface area (Å²) in [6.07, 6.45) is -5.95. The number of carbonyl (C=O) groups excluding carboxylic acids is 1. The summed E-state index contributed by atoms with van der Waals surface area (Å²) in [6, 6.07) is 15.6. The van der Waals surface area contributed by atoms with Gasteiger partial charge in [0.1, 0.15) is 11.5 Å². The summed E-state index contributed by atoms with van der Waals surface area (Å²) in [6.45, 7) is 2.02. The molecule has 0 radical (unpaired) electrons. The quantitative estimate of drug-likeness (QED) is 0.0719. The monoisotopic (exact) mass is 578 g/mol. The van der Waals surface area contributed by atoms with Crippen LogP contribution in [-0.2, 0) is 15.6 Å². The van der Waals surface area contributed by atoms with Crippen LogP contribution in [0.4, 0.5) is 33.3 Å². The van der Waals surface area contributed by atoms with E-state index in [9.17, 15) is 26.7 Å². The number of unbranched alkanes of at least 4 members (excludes halogenated alkanes) is 1. The highest BCUT2D eigenvalue weighted by Crippen LogP contribution is 2.33. The smallest absolute Gasteiger partial charge is 0.426 e. The number of alkyl halides is 5. The lowest BCUT2D eigenvalue weighted by atomic mass is 10.00. The zero-order valence-electron chi connectivity index (χ0n) is 22.3. The molecule has 0 aliphatic rings. The van der Waals surface area contributed by atoms with Crippen molar-refractivity contribution in [3.8, 4) is 11.5 Å². The van der Waals surface area contributed by atoms with Crippen LogP contribution in [0.5, 0.6) is 11.5 Å².